The normalized spacial score (nSPS) is 14.0. The lowest BCUT2D eigenvalue weighted by Crippen LogP contribution is -2.18. The number of allylic oxidation sites excluding steroid dienone is 1. The van der Waals surface area contributed by atoms with Crippen LogP contribution in [0.3, 0.4) is 0 Å². The molecule has 0 aliphatic carbocycles. The van der Waals surface area contributed by atoms with E-state index in [0.29, 0.717) is 12.0 Å². The van der Waals surface area contributed by atoms with Crippen LogP contribution in [0.15, 0.2) is 11.6 Å². The number of ether oxygens (including phenoxy) is 1. The summed E-state index contributed by atoms with van der Waals surface area (Å²) in [6.07, 6.45) is 1.18. The second-order valence-corrected chi connectivity index (χ2v) is 2.70. The Morgan fingerprint density at radius 3 is 2.69 bits per heavy atom. The molecule has 0 radical (unpaired) electrons. The van der Waals surface area contributed by atoms with Gasteiger partial charge < -0.3 is 14.9 Å². The molecule has 0 fully saturated rings. The number of aliphatic hydroxyl groups is 2. The lowest BCUT2D eigenvalue weighted by Gasteiger charge is -2.10. The number of carbonyl (C=O) groups is 1. The quantitative estimate of drug-likeness (QED) is 0.376. The van der Waals surface area contributed by atoms with Gasteiger partial charge in [-0.1, -0.05) is 6.08 Å². The average molecular weight is 188 g/mol. The molecular weight excluding hydrogens is 172 g/mol. The fourth-order valence-electron chi connectivity index (χ4n) is 0.659. The molecule has 0 saturated carbocycles. The zero-order valence-electron chi connectivity index (χ0n) is 7.99. The molecular formula is C9H16O4. The predicted molar refractivity (Wildman–Crippen MR) is 47.8 cm³/mol. The van der Waals surface area contributed by atoms with Crippen LogP contribution in [0.5, 0.6) is 0 Å². The molecule has 0 rings (SSSR count). The van der Waals surface area contributed by atoms with Gasteiger partial charge in [0, 0.05) is 18.6 Å². The standard InChI is InChI=1S/C9H16O4/c1-3-7(2)9(12)13-8(11)5-4-6-10/h3,8,10-11H,4-6H2,1-2H3. The van der Waals surface area contributed by atoms with Crippen molar-refractivity contribution in [2.75, 3.05) is 6.61 Å². The first-order valence-electron chi connectivity index (χ1n) is 4.24. The number of hydrogen-bond donors (Lipinski definition) is 2. The van der Waals surface area contributed by atoms with Gasteiger partial charge in [-0.2, -0.15) is 0 Å². The van der Waals surface area contributed by atoms with Crippen molar-refractivity contribution in [2.24, 2.45) is 0 Å². The summed E-state index contributed by atoms with van der Waals surface area (Å²) in [5, 5.41) is 17.6. The van der Waals surface area contributed by atoms with E-state index in [1.54, 1.807) is 19.9 Å². The van der Waals surface area contributed by atoms with E-state index in [0.717, 1.165) is 0 Å². The first-order valence-corrected chi connectivity index (χ1v) is 4.24. The van der Waals surface area contributed by atoms with Crippen molar-refractivity contribution in [2.45, 2.75) is 33.0 Å². The van der Waals surface area contributed by atoms with Crippen molar-refractivity contribution in [1.29, 1.82) is 0 Å². The van der Waals surface area contributed by atoms with E-state index >= 15 is 0 Å². The minimum atomic E-state index is -1.12. The highest BCUT2D eigenvalue weighted by Gasteiger charge is 2.11. The Labute approximate surface area is 77.8 Å². The van der Waals surface area contributed by atoms with E-state index in [1.165, 1.54) is 0 Å². The molecule has 0 aliphatic heterocycles. The Bertz CT molecular complexity index is 186. The van der Waals surface area contributed by atoms with E-state index < -0.39 is 12.3 Å². The summed E-state index contributed by atoms with van der Waals surface area (Å²) >= 11 is 0. The van der Waals surface area contributed by atoms with Gasteiger partial charge in [0.25, 0.3) is 0 Å². The van der Waals surface area contributed by atoms with E-state index in [-0.39, 0.29) is 13.0 Å². The Kier molecular flexibility index (Phi) is 6.18. The van der Waals surface area contributed by atoms with Gasteiger partial charge in [-0.25, -0.2) is 4.79 Å². The fraction of sp³-hybridized carbons (Fsp3) is 0.667. The van der Waals surface area contributed by atoms with Crippen LogP contribution in [0.1, 0.15) is 26.7 Å². The van der Waals surface area contributed by atoms with Gasteiger partial charge in [-0.05, 0) is 20.3 Å². The summed E-state index contributed by atoms with van der Waals surface area (Å²) in [6.45, 7) is 3.31. The maximum absolute atomic E-state index is 11.0. The zero-order valence-corrected chi connectivity index (χ0v) is 7.99. The largest absolute Gasteiger partial charge is 0.433 e. The highest BCUT2D eigenvalue weighted by Crippen LogP contribution is 2.03. The molecule has 0 aromatic rings. The third-order valence-electron chi connectivity index (χ3n) is 1.61. The summed E-state index contributed by atoms with van der Waals surface area (Å²) in [5.74, 6) is -0.520. The number of rotatable bonds is 5. The maximum atomic E-state index is 11.0. The van der Waals surface area contributed by atoms with Crippen LogP contribution in [-0.2, 0) is 9.53 Å². The molecule has 1 atom stereocenters. The average Bonchev–Trinajstić information content (AvgIpc) is 2.13. The molecule has 0 bridgehead atoms. The Morgan fingerprint density at radius 2 is 2.23 bits per heavy atom. The first kappa shape index (κ1) is 12.1. The van der Waals surface area contributed by atoms with Crippen molar-refractivity contribution >= 4 is 5.97 Å². The van der Waals surface area contributed by atoms with Crippen LogP contribution in [0.4, 0.5) is 0 Å². The minimum absolute atomic E-state index is 0.0167. The number of hydrogen-bond acceptors (Lipinski definition) is 4. The van der Waals surface area contributed by atoms with Crippen LogP contribution >= 0.6 is 0 Å². The first-order chi connectivity index (χ1) is 6.11. The van der Waals surface area contributed by atoms with Gasteiger partial charge in [0.1, 0.15) is 0 Å². The van der Waals surface area contributed by atoms with Crippen molar-refractivity contribution < 1.29 is 19.7 Å². The molecule has 0 aromatic carbocycles. The molecule has 0 aromatic heterocycles. The van der Waals surface area contributed by atoms with Gasteiger partial charge >= 0.3 is 5.97 Å². The zero-order chi connectivity index (χ0) is 10.3. The summed E-state index contributed by atoms with van der Waals surface area (Å²) in [6, 6.07) is 0. The smallest absolute Gasteiger partial charge is 0.335 e. The number of aliphatic hydroxyl groups excluding tert-OH is 2. The fourth-order valence-corrected chi connectivity index (χ4v) is 0.659. The summed E-state index contributed by atoms with van der Waals surface area (Å²) in [5.41, 5.74) is 0.461. The molecule has 1 unspecified atom stereocenters. The van der Waals surface area contributed by atoms with E-state index in [1.807, 2.05) is 0 Å². The van der Waals surface area contributed by atoms with Crippen LogP contribution in [0.2, 0.25) is 0 Å². The van der Waals surface area contributed by atoms with Crippen LogP contribution in [0.25, 0.3) is 0 Å². The van der Waals surface area contributed by atoms with Crippen molar-refractivity contribution in [3.8, 4) is 0 Å². The second-order valence-electron chi connectivity index (χ2n) is 2.70. The van der Waals surface area contributed by atoms with Gasteiger partial charge in [0.05, 0.1) is 0 Å². The lowest BCUT2D eigenvalue weighted by molar-refractivity contribution is -0.164. The molecule has 76 valence electrons. The minimum Gasteiger partial charge on any atom is -0.433 e. The highest BCUT2D eigenvalue weighted by molar-refractivity contribution is 5.87. The molecule has 0 heterocycles. The van der Waals surface area contributed by atoms with Crippen LogP contribution in [-0.4, -0.2) is 29.1 Å². The predicted octanol–water partition coefficient (Wildman–Crippen LogP) is 0.587. The van der Waals surface area contributed by atoms with E-state index in [2.05, 4.69) is 4.74 Å². The number of carbonyl (C=O) groups excluding carboxylic acids is 1. The molecule has 0 amide bonds. The third kappa shape index (κ3) is 5.38. The van der Waals surface area contributed by atoms with Gasteiger partial charge in [-0.15, -0.1) is 0 Å². The van der Waals surface area contributed by atoms with Crippen molar-refractivity contribution in [3.63, 3.8) is 0 Å². The van der Waals surface area contributed by atoms with Crippen molar-refractivity contribution in [3.05, 3.63) is 11.6 Å². The second kappa shape index (κ2) is 6.62. The molecule has 0 spiro atoms. The van der Waals surface area contributed by atoms with Crippen LogP contribution in [0, 0.1) is 0 Å². The summed E-state index contributed by atoms with van der Waals surface area (Å²) in [4.78, 5) is 11.0. The molecule has 13 heavy (non-hydrogen) atoms. The Morgan fingerprint density at radius 1 is 1.62 bits per heavy atom. The molecule has 2 N–H and O–H groups in total. The highest BCUT2D eigenvalue weighted by atomic mass is 16.6. The van der Waals surface area contributed by atoms with Crippen LogP contribution < -0.4 is 0 Å². The molecule has 0 aliphatic rings. The van der Waals surface area contributed by atoms with E-state index in [4.69, 9.17) is 10.2 Å². The topological polar surface area (TPSA) is 66.8 Å². The molecule has 0 saturated heterocycles. The SMILES string of the molecule is CC=C(C)C(=O)OC(O)CCCO. The van der Waals surface area contributed by atoms with Crippen molar-refractivity contribution in [1.82, 2.24) is 0 Å². The maximum Gasteiger partial charge on any atom is 0.335 e. The van der Waals surface area contributed by atoms with Gasteiger partial charge in [0.15, 0.2) is 0 Å². The number of esters is 1. The summed E-state index contributed by atoms with van der Waals surface area (Å²) in [7, 11) is 0. The monoisotopic (exact) mass is 188 g/mol. The Hall–Kier alpha value is -0.870. The third-order valence-corrected chi connectivity index (χ3v) is 1.61. The summed E-state index contributed by atoms with van der Waals surface area (Å²) < 4.78 is 4.64. The van der Waals surface area contributed by atoms with Gasteiger partial charge in [-0.3, -0.25) is 0 Å². The molecule has 4 nitrogen and oxygen atoms in total. The lowest BCUT2D eigenvalue weighted by atomic mass is 10.3. The van der Waals surface area contributed by atoms with E-state index in [9.17, 15) is 4.79 Å². The Balaban J connectivity index is 3.78. The van der Waals surface area contributed by atoms with Gasteiger partial charge in [0.2, 0.25) is 6.29 Å². The molecule has 4 heteroatoms.